The molecule has 3 aliphatic rings. The summed E-state index contributed by atoms with van der Waals surface area (Å²) in [5.74, 6) is 0.129. The molecule has 3 unspecified atom stereocenters. The number of carbonyl (C=O) groups is 1. The average molecular weight is 405 g/mol. The van der Waals surface area contributed by atoms with Crippen molar-refractivity contribution in [1.82, 2.24) is 10.6 Å². The number of carbonyl (C=O) groups excluding carboxylic acids is 1. The number of amides is 1. The number of rotatable bonds is 5. The van der Waals surface area contributed by atoms with Crippen LogP contribution < -0.4 is 10.6 Å². The first-order chi connectivity index (χ1) is 12.8. The van der Waals surface area contributed by atoms with Gasteiger partial charge in [0.05, 0.1) is 12.1 Å². The summed E-state index contributed by atoms with van der Waals surface area (Å²) in [6, 6.07) is -0.933. The van der Waals surface area contributed by atoms with Crippen LogP contribution in [0.25, 0.3) is 0 Å². The van der Waals surface area contributed by atoms with Gasteiger partial charge in [-0.3, -0.25) is 4.79 Å². The van der Waals surface area contributed by atoms with Crippen molar-refractivity contribution in [3.63, 3.8) is 0 Å². The normalized spacial score (nSPS) is 43.4. The Labute approximate surface area is 164 Å². The highest BCUT2D eigenvalue weighted by Gasteiger charge is 2.49. The molecule has 0 radical (unpaired) electrons. The maximum absolute atomic E-state index is 13.0. The molecule has 9 atom stereocenters. The number of nitrogens with one attached hydrogen (secondary N) is 2. The van der Waals surface area contributed by atoms with E-state index in [2.05, 4.69) is 10.6 Å². The van der Waals surface area contributed by atoms with Gasteiger partial charge in [0.15, 0.2) is 0 Å². The highest BCUT2D eigenvalue weighted by molar-refractivity contribution is 7.99. The van der Waals surface area contributed by atoms with Crippen molar-refractivity contribution in [2.75, 3.05) is 19.4 Å². The minimum absolute atomic E-state index is 0.0389. The average Bonchev–Trinajstić information content (AvgIpc) is 3.09. The van der Waals surface area contributed by atoms with Gasteiger partial charge in [0, 0.05) is 13.2 Å². The van der Waals surface area contributed by atoms with Crippen molar-refractivity contribution < 1.29 is 29.6 Å². The summed E-state index contributed by atoms with van der Waals surface area (Å²) in [6.45, 7) is 5.28. The summed E-state index contributed by atoms with van der Waals surface area (Å²) in [5, 5.41) is 37.0. The van der Waals surface area contributed by atoms with Crippen LogP contribution in [-0.4, -0.2) is 88.7 Å². The number of thioether (sulfide) groups is 1. The van der Waals surface area contributed by atoms with Crippen LogP contribution in [0.5, 0.6) is 0 Å². The van der Waals surface area contributed by atoms with E-state index in [1.54, 1.807) is 6.26 Å². The van der Waals surface area contributed by atoms with Gasteiger partial charge >= 0.3 is 0 Å². The van der Waals surface area contributed by atoms with Gasteiger partial charge in [-0.25, -0.2) is 0 Å². The summed E-state index contributed by atoms with van der Waals surface area (Å²) < 4.78 is 11.7. The fraction of sp³-hybridized carbons (Fsp3) is 0.944. The van der Waals surface area contributed by atoms with E-state index >= 15 is 0 Å². The van der Waals surface area contributed by atoms with E-state index in [0.29, 0.717) is 12.5 Å². The molecule has 27 heavy (non-hydrogen) atoms. The molecule has 0 saturated carbocycles. The molecule has 0 spiro atoms. The predicted molar refractivity (Wildman–Crippen MR) is 101 cm³/mol. The van der Waals surface area contributed by atoms with Crippen LogP contribution in [0.4, 0.5) is 0 Å². The Morgan fingerprint density at radius 3 is 2.63 bits per heavy atom. The number of hydrogen-bond acceptors (Lipinski definition) is 8. The molecule has 0 aromatic heterocycles. The second-order valence-electron chi connectivity index (χ2n) is 8.08. The smallest absolute Gasteiger partial charge is 0.240 e. The van der Waals surface area contributed by atoms with Crippen molar-refractivity contribution in [3.8, 4) is 0 Å². The van der Waals surface area contributed by atoms with E-state index in [9.17, 15) is 20.1 Å². The van der Waals surface area contributed by atoms with E-state index in [-0.39, 0.29) is 17.9 Å². The molecule has 0 aromatic rings. The van der Waals surface area contributed by atoms with Crippen molar-refractivity contribution in [2.45, 2.75) is 74.7 Å². The standard InChI is InChI=1S/C18H32N2O6S/c1-8(2)10(16-13(22)12(21)14(23)18(26-16)27-3)20-17(24)11-15-9(7-19-11)5-4-6-25-15/h8-16,18-19,21-23H,4-7H2,1-3H3,(H,20,24)/t9-,10+,11-,12?,13?,14+,15+,16+,18?/m0/s1. The largest absolute Gasteiger partial charge is 0.388 e. The Kier molecular flexibility index (Phi) is 7.05. The van der Waals surface area contributed by atoms with Gasteiger partial charge in [0.1, 0.15) is 35.9 Å². The van der Waals surface area contributed by atoms with Gasteiger partial charge in [-0.05, 0) is 30.9 Å². The number of fused-ring (bicyclic) bond motifs is 1. The third kappa shape index (κ3) is 4.29. The molecule has 3 saturated heterocycles. The maximum Gasteiger partial charge on any atom is 0.240 e. The first kappa shape index (κ1) is 21.3. The van der Waals surface area contributed by atoms with E-state index in [1.165, 1.54) is 11.8 Å². The lowest BCUT2D eigenvalue weighted by atomic mass is 9.88. The highest BCUT2D eigenvalue weighted by Crippen LogP contribution is 2.31. The van der Waals surface area contributed by atoms with Crippen LogP contribution in [0.15, 0.2) is 0 Å². The van der Waals surface area contributed by atoms with E-state index < -0.39 is 41.9 Å². The zero-order valence-corrected chi connectivity index (χ0v) is 16.9. The highest BCUT2D eigenvalue weighted by atomic mass is 32.2. The predicted octanol–water partition coefficient (Wildman–Crippen LogP) is -0.935. The topological polar surface area (TPSA) is 120 Å². The van der Waals surface area contributed by atoms with E-state index in [4.69, 9.17) is 9.47 Å². The van der Waals surface area contributed by atoms with Gasteiger partial charge in [-0.2, -0.15) is 0 Å². The van der Waals surface area contributed by atoms with Crippen LogP contribution in [0, 0.1) is 11.8 Å². The number of aliphatic hydroxyl groups is 3. The van der Waals surface area contributed by atoms with Gasteiger partial charge in [0.2, 0.25) is 5.91 Å². The van der Waals surface area contributed by atoms with Crippen LogP contribution in [0.3, 0.4) is 0 Å². The molecule has 3 aliphatic heterocycles. The summed E-state index contributed by atoms with van der Waals surface area (Å²) in [7, 11) is 0. The SMILES string of the molecule is CSC1O[C@H]([C@H](NC(=O)[C@H]2NC[C@@H]3CCCO[C@H]32)C(C)C)C(O)C(O)[C@H]1O. The van der Waals surface area contributed by atoms with Crippen molar-refractivity contribution >= 4 is 17.7 Å². The maximum atomic E-state index is 13.0. The molecule has 3 fully saturated rings. The molecule has 9 heteroatoms. The lowest BCUT2D eigenvalue weighted by Crippen LogP contribution is -2.65. The second kappa shape index (κ2) is 8.94. The summed E-state index contributed by atoms with van der Waals surface area (Å²) in [6.07, 6.45) is -0.891. The van der Waals surface area contributed by atoms with Crippen molar-refractivity contribution in [2.24, 2.45) is 11.8 Å². The second-order valence-corrected chi connectivity index (χ2v) is 9.01. The van der Waals surface area contributed by atoms with Crippen LogP contribution in [0.2, 0.25) is 0 Å². The first-order valence-electron chi connectivity index (χ1n) is 9.73. The van der Waals surface area contributed by atoms with Gasteiger partial charge < -0.3 is 35.4 Å². The van der Waals surface area contributed by atoms with E-state index in [1.807, 2.05) is 13.8 Å². The van der Waals surface area contributed by atoms with Gasteiger partial charge in [-0.15, -0.1) is 11.8 Å². The first-order valence-corrected chi connectivity index (χ1v) is 11.0. The molecule has 8 nitrogen and oxygen atoms in total. The van der Waals surface area contributed by atoms with Crippen molar-refractivity contribution in [3.05, 3.63) is 0 Å². The number of ether oxygens (including phenoxy) is 2. The zero-order valence-electron chi connectivity index (χ0n) is 16.1. The van der Waals surface area contributed by atoms with E-state index in [0.717, 1.165) is 19.4 Å². The molecule has 0 aromatic carbocycles. The Bertz CT molecular complexity index is 522. The Balaban J connectivity index is 1.71. The van der Waals surface area contributed by atoms with Crippen LogP contribution in [0.1, 0.15) is 26.7 Å². The Hall–Kier alpha value is -0.420. The zero-order chi connectivity index (χ0) is 19.7. The molecular formula is C18H32N2O6S. The van der Waals surface area contributed by atoms with Crippen molar-refractivity contribution in [1.29, 1.82) is 0 Å². The molecule has 156 valence electrons. The molecule has 0 aliphatic carbocycles. The fourth-order valence-corrected chi connectivity index (χ4v) is 5.02. The minimum atomic E-state index is -1.32. The lowest BCUT2D eigenvalue weighted by molar-refractivity contribution is -0.208. The van der Waals surface area contributed by atoms with Crippen LogP contribution >= 0.6 is 11.8 Å². The summed E-state index contributed by atoms with van der Waals surface area (Å²) in [5.41, 5.74) is -0.665. The fourth-order valence-electron chi connectivity index (χ4n) is 4.34. The van der Waals surface area contributed by atoms with Crippen LogP contribution in [-0.2, 0) is 14.3 Å². The quantitative estimate of drug-likeness (QED) is 0.398. The molecule has 5 N–H and O–H groups in total. The molecule has 3 heterocycles. The number of hydrogen-bond donors (Lipinski definition) is 5. The molecular weight excluding hydrogens is 372 g/mol. The molecule has 1 amide bonds. The van der Waals surface area contributed by atoms with Gasteiger partial charge in [0.25, 0.3) is 0 Å². The third-order valence-corrected chi connectivity index (χ3v) is 6.78. The number of aliphatic hydroxyl groups excluding tert-OH is 3. The Morgan fingerprint density at radius 2 is 1.96 bits per heavy atom. The third-order valence-electron chi connectivity index (χ3n) is 5.93. The monoisotopic (exact) mass is 404 g/mol. The molecule has 3 rings (SSSR count). The minimum Gasteiger partial charge on any atom is -0.388 e. The van der Waals surface area contributed by atoms with Gasteiger partial charge in [-0.1, -0.05) is 13.8 Å². The summed E-state index contributed by atoms with van der Waals surface area (Å²) >= 11 is 1.26. The lowest BCUT2D eigenvalue weighted by Gasteiger charge is -2.44. The molecule has 0 bridgehead atoms. The summed E-state index contributed by atoms with van der Waals surface area (Å²) in [4.78, 5) is 13.0. The Morgan fingerprint density at radius 1 is 1.22 bits per heavy atom.